The molecule has 0 fully saturated rings. The van der Waals surface area contributed by atoms with Gasteiger partial charge in [-0.3, -0.25) is 4.57 Å². The molecule has 1 unspecified atom stereocenters. The SMILES string of the molecule is CCC1c2nncn2-c2cnc(-c3cnsc3-c3ccc(F)cc3)nc2N1c1cccc(C#N)c1. The number of anilines is 2. The quantitative estimate of drug-likeness (QED) is 0.337. The normalized spacial score (nSPS) is 14.3. The minimum absolute atomic E-state index is 0.140. The van der Waals surface area contributed by atoms with Crippen LogP contribution in [0.25, 0.3) is 27.5 Å². The van der Waals surface area contributed by atoms with Crippen LogP contribution in [0, 0.1) is 17.1 Å². The molecule has 0 radical (unpaired) electrons. The summed E-state index contributed by atoms with van der Waals surface area (Å²) in [5.74, 6) is 1.67. The molecule has 0 aliphatic carbocycles. The van der Waals surface area contributed by atoms with E-state index in [-0.39, 0.29) is 11.9 Å². The van der Waals surface area contributed by atoms with Crippen molar-refractivity contribution in [2.75, 3.05) is 4.90 Å². The summed E-state index contributed by atoms with van der Waals surface area (Å²) in [7, 11) is 0. The summed E-state index contributed by atoms with van der Waals surface area (Å²) < 4.78 is 19.8. The van der Waals surface area contributed by atoms with Gasteiger partial charge in [0.1, 0.15) is 17.8 Å². The van der Waals surface area contributed by atoms with Crippen LogP contribution < -0.4 is 4.90 Å². The fourth-order valence-electron chi connectivity index (χ4n) is 4.36. The number of hydrogen-bond acceptors (Lipinski definition) is 8. The summed E-state index contributed by atoms with van der Waals surface area (Å²) >= 11 is 1.31. The highest BCUT2D eigenvalue weighted by Gasteiger charge is 2.35. The van der Waals surface area contributed by atoms with E-state index in [2.05, 4.69) is 37.4 Å². The third-order valence-corrected chi connectivity index (χ3v) is 6.83. The molecule has 8 nitrogen and oxygen atoms in total. The molecule has 0 amide bonds. The van der Waals surface area contributed by atoms with Gasteiger partial charge in [0.25, 0.3) is 0 Å². The van der Waals surface area contributed by atoms with Crippen LogP contribution in [0.3, 0.4) is 0 Å². The number of fused-ring (bicyclic) bond motifs is 3. The minimum Gasteiger partial charge on any atom is -0.314 e. The molecular weight excluding hydrogens is 463 g/mol. The van der Waals surface area contributed by atoms with Crippen molar-refractivity contribution in [3.63, 3.8) is 0 Å². The van der Waals surface area contributed by atoms with Gasteiger partial charge >= 0.3 is 0 Å². The van der Waals surface area contributed by atoms with Gasteiger partial charge in [-0.1, -0.05) is 25.1 Å². The van der Waals surface area contributed by atoms with Crippen molar-refractivity contribution in [1.29, 1.82) is 5.26 Å². The molecule has 0 saturated heterocycles. The first-order valence-corrected chi connectivity index (χ1v) is 11.7. The lowest BCUT2D eigenvalue weighted by Crippen LogP contribution is -2.32. The van der Waals surface area contributed by atoms with Crippen LogP contribution in [-0.2, 0) is 0 Å². The molecule has 3 aromatic heterocycles. The van der Waals surface area contributed by atoms with E-state index in [1.54, 1.807) is 36.9 Å². The third-order valence-electron chi connectivity index (χ3n) is 5.98. The van der Waals surface area contributed by atoms with Crippen LogP contribution >= 0.6 is 11.5 Å². The highest BCUT2D eigenvalue weighted by molar-refractivity contribution is 7.10. The standard InChI is InChI=1S/C25H17FN8S/c1-2-20-25-32-29-14-33(25)21-13-28-23(19-12-30-35-22(19)16-6-8-17(26)9-7-16)31-24(21)34(20)18-5-3-4-15(10-18)11-27/h3-10,12-14,20H,2H2,1H3. The van der Waals surface area contributed by atoms with Crippen LogP contribution in [0.15, 0.2) is 67.3 Å². The van der Waals surface area contributed by atoms with Gasteiger partial charge in [-0.05, 0) is 53.8 Å². The third kappa shape index (κ3) is 3.45. The van der Waals surface area contributed by atoms with Gasteiger partial charge in [-0.25, -0.2) is 14.4 Å². The summed E-state index contributed by atoms with van der Waals surface area (Å²) in [5, 5.41) is 18.0. The Labute approximate surface area is 204 Å². The summed E-state index contributed by atoms with van der Waals surface area (Å²) in [4.78, 5) is 12.6. The van der Waals surface area contributed by atoms with E-state index in [1.807, 2.05) is 22.8 Å². The summed E-state index contributed by atoms with van der Waals surface area (Å²) in [5.41, 5.74) is 3.74. The van der Waals surface area contributed by atoms with Crippen molar-refractivity contribution in [3.8, 4) is 33.6 Å². The molecule has 2 aromatic carbocycles. The number of nitriles is 1. The molecule has 6 rings (SSSR count). The summed E-state index contributed by atoms with van der Waals surface area (Å²) in [6.07, 6.45) is 5.90. The Morgan fingerprint density at radius 1 is 1.14 bits per heavy atom. The van der Waals surface area contributed by atoms with E-state index in [0.717, 1.165) is 39.6 Å². The fourth-order valence-corrected chi connectivity index (χ4v) is 5.11. The molecular formula is C25H17FN8S. The highest BCUT2D eigenvalue weighted by atomic mass is 32.1. The van der Waals surface area contributed by atoms with Gasteiger partial charge in [0.2, 0.25) is 0 Å². The van der Waals surface area contributed by atoms with Gasteiger partial charge < -0.3 is 4.90 Å². The van der Waals surface area contributed by atoms with Gasteiger partial charge in [-0.2, -0.15) is 9.64 Å². The molecule has 1 atom stereocenters. The van der Waals surface area contributed by atoms with Gasteiger partial charge in [-0.15, -0.1) is 10.2 Å². The van der Waals surface area contributed by atoms with Crippen molar-refractivity contribution in [3.05, 3.63) is 84.5 Å². The average Bonchev–Trinajstić information content (AvgIpc) is 3.58. The van der Waals surface area contributed by atoms with Crippen molar-refractivity contribution in [2.24, 2.45) is 0 Å². The van der Waals surface area contributed by atoms with Gasteiger partial charge in [0.05, 0.1) is 40.5 Å². The second kappa shape index (κ2) is 8.38. The Kier molecular flexibility index (Phi) is 5.04. The first kappa shape index (κ1) is 21.1. The molecule has 10 heteroatoms. The number of benzene rings is 2. The molecule has 0 spiro atoms. The van der Waals surface area contributed by atoms with Crippen LogP contribution in [0.4, 0.5) is 15.9 Å². The van der Waals surface area contributed by atoms with E-state index in [1.165, 1.54) is 23.7 Å². The maximum Gasteiger partial charge on any atom is 0.164 e. The van der Waals surface area contributed by atoms with Crippen molar-refractivity contribution in [2.45, 2.75) is 19.4 Å². The van der Waals surface area contributed by atoms with E-state index in [9.17, 15) is 9.65 Å². The number of halogens is 1. The van der Waals surface area contributed by atoms with Crippen molar-refractivity contribution < 1.29 is 4.39 Å². The molecule has 0 N–H and O–H groups in total. The number of aromatic nitrogens is 6. The molecule has 35 heavy (non-hydrogen) atoms. The molecule has 5 aromatic rings. The lowest BCUT2D eigenvalue weighted by atomic mass is 10.1. The Morgan fingerprint density at radius 2 is 2.00 bits per heavy atom. The predicted molar refractivity (Wildman–Crippen MR) is 130 cm³/mol. The Morgan fingerprint density at radius 3 is 2.80 bits per heavy atom. The first-order chi connectivity index (χ1) is 17.2. The van der Waals surface area contributed by atoms with Crippen molar-refractivity contribution in [1.82, 2.24) is 29.1 Å². The molecule has 0 saturated carbocycles. The minimum atomic E-state index is -0.296. The predicted octanol–water partition coefficient (Wildman–Crippen LogP) is 5.46. The average molecular weight is 481 g/mol. The zero-order valence-electron chi connectivity index (χ0n) is 18.5. The second-order valence-electron chi connectivity index (χ2n) is 7.99. The maximum atomic E-state index is 13.5. The first-order valence-electron chi connectivity index (χ1n) is 11.0. The lowest BCUT2D eigenvalue weighted by molar-refractivity contribution is 0.590. The highest BCUT2D eigenvalue weighted by Crippen LogP contribution is 2.44. The topological polar surface area (TPSA) is 96.4 Å². The zero-order valence-corrected chi connectivity index (χ0v) is 19.3. The second-order valence-corrected chi connectivity index (χ2v) is 8.79. The lowest BCUT2D eigenvalue weighted by Gasteiger charge is -2.36. The smallest absolute Gasteiger partial charge is 0.164 e. The van der Waals surface area contributed by atoms with Gasteiger partial charge in [0.15, 0.2) is 17.5 Å². The van der Waals surface area contributed by atoms with Gasteiger partial charge in [0, 0.05) is 5.69 Å². The van der Waals surface area contributed by atoms with Crippen LogP contribution in [0.5, 0.6) is 0 Å². The molecule has 0 bridgehead atoms. The number of rotatable bonds is 4. The van der Waals surface area contributed by atoms with Crippen molar-refractivity contribution >= 4 is 23.0 Å². The Hall–Kier alpha value is -4.49. The van der Waals surface area contributed by atoms with E-state index >= 15 is 0 Å². The zero-order chi connectivity index (χ0) is 23.9. The van der Waals surface area contributed by atoms with Crippen LogP contribution in [0.1, 0.15) is 30.8 Å². The number of hydrogen-bond donors (Lipinski definition) is 0. The Balaban J connectivity index is 1.55. The van der Waals surface area contributed by atoms with E-state index < -0.39 is 0 Å². The molecule has 1 aliphatic heterocycles. The van der Waals surface area contributed by atoms with Crippen LogP contribution in [-0.4, -0.2) is 29.1 Å². The number of nitrogens with zero attached hydrogens (tertiary/aromatic N) is 8. The van der Waals surface area contributed by atoms with E-state index in [0.29, 0.717) is 17.2 Å². The summed E-state index contributed by atoms with van der Waals surface area (Å²) in [6.45, 7) is 2.08. The molecule has 170 valence electrons. The molecule has 4 heterocycles. The fraction of sp³-hybridized carbons (Fsp3) is 0.120. The maximum absolute atomic E-state index is 13.5. The monoisotopic (exact) mass is 480 g/mol. The van der Waals surface area contributed by atoms with Crippen LogP contribution in [0.2, 0.25) is 0 Å². The largest absolute Gasteiger partial charge is 0.314 e. The Bertz CT molecular complexity index is 1580. The van der Waals surface area contributed by atoms with E-state index in [4.69, 9.17) is 4.98 Å². The summed E-state index contributed by atoms with van der Waals surface area (Å²) in [6, 6.07) is 15.8. The molecule has 1 aliphatic rings.